The first-order valence-electron chi connectivity index (χ1n) is 8.83. The molecule has 1 aliphatic heterocycles. The van der Waals surface area contributed by atoms with Gasteiger partial charge in [-0.15, -0.1) is 0 Å². The van der Waals surface area contributed by atoms with Gasteiger partial charge in [0.2, 0.25) is 0 Å². The van der Waals surface area contributed by atoms with Crippen LogP contribution in [-0.2, 0) is 4.79 Å². The lowest BCUT2D eigenvalue weighted by Crippen LogP contribution is -2.07. The van der Waals surface area contributed by atoms with Crippen LogP contribution in [0.25, 0.3) is 27.9 Å². The number of rotatable bonds is 3. The van der Waals surface area contributed by atoms with E-state index in [1.165, 1.54) is 0 Å². The van der Waals surface area contributed by atoms with Crippen LogP contribution in [0.1, 0.15) is 33.3 Å². The number of carboxylic acids is 1. The average Bonchev–Trinajstić information content (AvgIpc) is 2.65. The first-order valence-corrected chi connectivity index (χ1v) is 8.83. The van der Waals surface area contributed by atoms with E-state index in [4.69, 9.17) is 15.6 Å². The quantitative estimate of drug-likeness (QED) is 0.262. The molecule has 1 heterocycles. The highest BCUT2D eigenvalue weighted by Gasteiger charge is 2.22. The predicted octanol–water partition coefficient (Wildman–Crippen LogP) is 5.06. The largest absolute Gasteiger partial charge is 0.478 e. The van der Waals surface area contributed by atoms with Gasteiger partial charge in [-0.2, -0.15) is 0 Å². The number of nitrogens with one attached hydrogen (secondary N) is 1. The minimum Gasteiger partial charge on any atom is -0.478 e. The van der Waals surface area contributed by atoms with Crippen molar-refractivity contribution in [1.82, 2.24) is 0 Å². The lowest BCUT2D eigenvalue weighted by Gasteiger charge is -2.18. The molecule has 0 radical (unpaired) electrons. The van der Waals surface area contributed by atoms with E-state index in [9.17, 15) is 9.90 Å². The number of carboxylic acid groups (broad SMARTS) is 1. The fourth-order valence-corrected chi connectivity index (χ4v) is 3.03. The van der Waals surface area contributed by atoms with Crippen LogP contribution in [0.5, 0.6) is 0 Å². The Bertz CT molecular complexity index is 1070. The minimum atomic E-state index is -0.995. The van der Waals surface area contributed by atoms with Gasteiger partial charge in [-0.3, -0.25) is 0 Å². The predicted molar refractivity (Wildman–Crippen MR) is 109 cm³/mol. The zero-order valence-electron chi connectivity index (χ0n) is 16.0. The van der Waals surface area contributed by atoms with Crippen LogP contribution in [0, 0.1) is 5.41 Å². The summed E-state index contributed by atoms with van der Waals surface area (Å²) in [7, 11) is 0. The molecule has 0 bridgehead atoms. The SMILES string of the molecule is C/C=C(\C(=C/C)C(=O)O)c1c2ccc(=N)cc-2oc2cc(N)ccc12.CC. The highest BCUT2D eigenvalue weighted by Crippen LogP contribution is 2.40. The van der Waals surface area contributed by atoms with Crippen molar-refractivity contribution in [2.75, 3.05) is 5.73 Å². The molecule has 3 rings (SSSR count). The highest BCUT2D eigenvalue weighted by molar-refractivity contribution is 6.12. The number of nitrogens with two attached hydrogens (primary N) is 1. The van der Waals surface area contributed by atoms with Gasteiger partial charge in [0, 0.05) is 34.3 Å². The zero-order valence-corrected chi connectivity index (χ0v) is 16.0. The van der Waals surface area contributed by atoms with E-state index in [2.05, 4.69) is 0 Å². The summed E-state index contributed by atoms with van der Waals surface area (Å²) in [6.07, 6.45) is 3.36. The summed E-state index contributed by atoms with van der Waals surface area (Å²) in [5, 5.41) is 18.5. The second-order valence-corrected chi connectivity index (χ2v) is 5.65. The van der Waals surface area contributed by atoms with E-state index in [1.54, 1.807) is 56.3 Å². The van der Waals surface area contributed by atoms with Crippen molar-refractivity contribution in [3.63, 3.8) is 0 Å². The average molecular weight is 364 g/mol. The van der Waals surface area contributed by atoms with Gasteiger partial charge in [-0.1, -0.05) is 26.0 Å². The molecule has 0 unspecified atom stereocenters. The second kappa shape index (κ2) is 8.36. The smallest absolute Gasteiger partial charge is 0.335 e. The molecule has 5 heteroatoms. The molecule has 2 aliphatic rings. The van der Waals surface area contributed by atoms with E-state index in [-0.39, 0.29) is 5.57 Å². The van der Waals surface area contributed by atoms with E-state index in [0.717, 1.165) is 16.5 Å². The Morgan fingerprint density at radius 2 is 1.81 bits per heavy atom. The van der Waals surface area contributed by atoms with Gasteiger partial charge in [-0.25, -0.2) is 4.79 Å². The van der Waals surface area contributed by atoms with Crippen molar-refractivity contribution in [3.8, 4) is 11.3 Å². The first-order chi connectivity index (χ1) is 13.0. The Morgan fingerprint density at radius 3 is 2.41 bits per heavy atom. The van der Waals surface area contributed by atoms with Crippen LogP contribution in [0.2, 0.25) is 0 Å². The number of carbonyl (C=O) groups is 1. The van der Waals surface area contributed by atoms with Crippen LogP contribution in [-0.4, -0.2) is 11.1 Å². The molecule has 5 nitrogen and oxygen atoms in total. The number of fused-ring (bicyclic) bond motifs is 2. The molecule has 1 aliphatic carbocycles. The van der Waals surface area contributed by atoms with Crippen molar-refractivity contribution >= 4 is 28.2 Å². The molecule has 1 aromatic rings. The number of aliphatic carboxylic acids is 1. The maximum absolute atomic E-state index is 11.7. The minimum absolute atomic E-state index is 0.211. The molecule has 4 N–H and O–H groups in total. The molecule has 0 spiro atoms. The second-order valence-electron chi connectivity index (χ2n) is 5.65. The summed E-state index contributed by atoms with van der Waals surface area (Å²) in [5.74, 6) is -0.481. The van der Waals surface area contributed by atoms with Gasteiger partial charge in [0.05, 0.1) is 10.9 Å². The van der Waals surface area contributed by atoms with Crippen molar-refractivity contribution in [3.05, 3.63) is 65.0 Å². The van der Waals surface area contributed by atoms with Crippen LogP contribution < -0.4 is 11.1 Å². The lowest BCUT2D eigenvalue weighted by atomic mass is 9.89. The topological polar surface area (TPSA) is 100 Å². The Labute approximate surface area is 158 Å². The molecule has 0 saturated heterocycles. The number of nitrogen functional groups attached to an aromatic ring is 1. The molecule has 0 aromatic heterocycles. The van der Waals surface area contributed by atoms with Gasteiger partial charge in [-0.05, 0) is 43.7 Å². The summed E-state index contributed by atoms with van der Waals surface area (Å²) in [4.78, 5) is 11.7. The molecule has 0 saturated carbocycles. The Balaban J connectivity index is 0.00000126. The Morgan fingerprint density at radius 1 is 1.11 bits per heavy atom. The molecule has 0 fully saturated rings. The first kappa shape index (κ1) is 20.0. The standard InChI is InChI=1S/C20H18N2O3.C2H6/c1-3-13(14(4-2)20(23)24)19-15-7-5-11(21)9-17(15)25-18-10-12(22)6-8-16(18)19;1-2/h3-10,21H,22H2,1-2H3,(H,23,24);1-2H3/b13-3+,14-4+,21-11?;. The van der Waals surface area contributed by atoms with Crippen molar-refractivity contribution < 1.29 is 14.3 Å². The van der Waals surface area contributed by atoms with Crippen molar-refractivity contribution in [1.29, 1.82) is 5.41 Å². The van der Waals surface area contributed by atoms with Crippen LogP contribution in [0.15, 0.2) is 58.5 Å². The van der Waals surface area contributed by atoms with Crippen LogP contribution in [0.4, 0.5) is 5.69 Å². The maximum Gasteiger partial charge on any atom is 0.335 e. The monoisotopic (exact) mass is 364 g/mol. The third-order valence-corrected chi connectivity index (χ3v) is 4.11. The normalized spacial score (nSPS) is 12.0. The molecule has 0 atom stereocenters. The molecule has 1 aromatic carbocycles. The van der Waals surface area contributed by atoms with E-state index in [1.807, 2.05) is 19.9 Å². The van der Waals surface area contributed by atoms with Gasteiger partial charge < -0.3 is 20.7 Å². The van der Waals surface area contributed by atoms with E-state index >= 15 is 0 Å². The number of benzene rings is 2. The fraction of sp³-hybridized carbons (Fsp3) is 0.182. The van der Waals surface area contributed by atoms with Crippen LogP contribution >= 0.6 is 0 Å². The maximum atomic E-state index is 11.7. The number of hydrogen-bond acceptors (Lipinski definition) is 4. The van der Waals surface area contributed by atoms with E-state index in [0.29, 0.717) is 28.0 Å². The Kier molecular flexibility index (Phi) is 6.19. The summed E-state index contributed by atoms with van der Waals surface area (Å²) in [5.41, 5.74) is 9.30. The molecule has 0 amide bonds. The van der Waals surface area contributed by atoms with Crippen molar-refractivity contribution in [2.45, 2.75) is 27.7 Å². The number of allylic oxidation sites excluding steroid dienone is 2. The molecular weight excluding hydrogens is 340 g/mol. The van der Waals surface area contributed by atoms with Gasteiger partial charge in [0.15, 0.2) is 0 Å². The Hall–Kier alpha value is -3.34. The third-order valence-electron chi connectivity index (χ3n) is 4.11. The van der Waals surface area contributed by atoms with Gasteiger partial charge in [0.1, 0.15) is 11.3 Å². The molecule has 140 valence electrons. The highest BCUT2D eigenvalue weighted by atomic mass is 16.4. The zero-order chi connectivity index (χ0) is 20.1. The van der Waals surface area contributed by atoms with Crippen LogP contribution in [0.3, 0.4) is 0 Å². The molecule has 27 heavy (non-hydrogen) atoms. The third kappa shape index (κ3) is 3.77. The van der Waals surface area contributed by atoms with Gasteiger partial charge >= 0.3 is 5.97 Å². The number of anilines is 1. The van der Waals surface area contributed by atoms with Gasteiger partial charge in [0.25, 0.3) is 0 Å². The summed E-state index contributed by atoms with van der Waals surface area (Å²) in [6.45, 7) is 7.50. The number of hydrogen-bond donors (Lipinski definition) is 3. The fourth-order valence-electron chi connectivity index (χ4n) is 3.03. The summed E-state index contributed by atoms with van der Waals surface area (Å²) >= 11 is 0. The van der Waals surface area contributed by atoms with Crippen molar-refractivity contribution in [2.24, 2.45) is 0 Å². The summed E-state index contributed by atoms with van der Waals surface area (Å²) < 4.78 is 5.92. The molecular formula is C22H24N2O3. The van der Waals surface area contributed by atoms with E-state index < -0.39 is 5.97 Å². The lowest BCUT2D eigenvalue weighted by molar-refractivity contribution is -0.132. The summed E-state index contributed by atoms with van der Waals surface area (Å²) in [6, 6.07) is 10.4.